The molecule has 1 aromatic rings. The van der Waals surface area contributed by atoms with E-state index in [1.165, 1.54) is 6.92 Å². The summed E-state index contributed by atoms with van der Waals surface area (Å²) in [7, 11) is 0. The molecule has 1 aromatic carbocycles. The van der Waals surface area contributed by atoms with Crippen molar-refractivity contribution in [2.75, 3.05) is 6.61 Å². The van der Waals surface area contributed by atoms with E-state index in [0.717, 1.165) is 0 Å². The van der Waals surface area contributed by atoms with Crippen LogP contribution in [0.25, 0.3) is 0 Å². The monoisotopic (exact) mass is 318 g/mol. The third-order valence-electron chi connectivity index (χ3n) is 1.92. The van der Waals surface area contributed by atoms with Gasteiger partial charge in [-0.15, -0.1) is 0 Å². The van der Waals surface area contributed by atoms with E-state index in [4.69, 9.17) is 4.74 Å². The van der Waals surface area contributed by atoms with E-state index < -0.39 is 0 Å². The zero-order chi connectivity index (χ0) is 11.4. The van der Waals surface area contributed by atoms with Gasteiger partial charge in [0.2, 0.25) is 0 Å². The summed E-state index contributed by atoms with van der Waals surface area (Å²) in [6.07, 6.45) is 0.689. The third kappa shape index (κ3) is 2.56. The highest BCUT2D eigenvalue weighted by Crippen LogP contribution is 2.27. The molecule has 1 rings (SSSR count). The lowest BCUT2D eigenvalue weighted by Crippen LogP contribution is -2.05. The smallest absolute Gasteiger partial charge is 0.161 e. The average Bonchev–Trinajstić information content (AvgIpc) is 2.20. The van der Waals surface area contributed by atoms with Crippen molar-refractivity contribution >= 4 is 34.7 Å². The van der Waals surface area contributed by atoms with Crippen molar-refractivity contribution in [2.45, 2.75) is 13.8 Å². The van der Waals surface area contributed by atoms with Crippen molar-refractivity contribution in [3.8, 4) is 5.75 Å². The van der Waals surface area contributed by atoms with Gasteiger partial charge in [-0.05, 0) is 48.6 Å². The number of carbonyl (C=O) groups excluding carboxylic acids is 2. The molecule has 0 bridgehead atoms. The molecule has 0 radical (unpaired) electrons. The standard InChI is InChI=1S/C11H11IO3/c1-3-15-9-5-4-8(6-13)10(7(2)14)11(9)12/h4-6H,3H2,1-2H3. The lowest BCUT2D eigenvalue weighted by molar-refractivity contribution is 0.100. The molecule has 0 fully saturated rings. The lowest BCUT2D eigenvalue weighted by Gasteiger charge is -2.10. The maximum atomic E-state index is 11.4. The topological polar surface area (TPSA) is 43.4 Å². The first-order valence-electron chi connectivity index (χ1n) is 4.53. The van der Waals surface area contributed by atoms with Gasteiger partial charge < -0.3 is 4.74 Å². The van der Waals surface area contributed by atoms with E-state index in [2.05, 4.69) is 0 Å². The maximum Gasteiger partial charge on any atom is 0.161 e. The molecule has 0 spiro atoms. The highest BCUT2D eigenvalue weighted by Gasteiger charge is 2.15. The average molecular weight is 318 g/mol. The Kier molecular flexibility index (Phi) is 4.26. The maximum absolute atomic E-state index is 11.4. The first-order valence-corrected chi connectivity index (χ1v) is 5.61. The van der Waals surface area contributed by atoms with Gasteiger partial charge in [-0.1, -0.05) is 0 Å². The first kappa shape index (κ1) is 12.2. The molecule has 3 nitrogen and oxygen atoms in total. The van der Waals surface area contributed by atoms with Gasteiger partial charge in [-0.3, -0.25) is 9.59 Å². The molecule has 15 heavy (non-hydrogen) atoms. The molecule has 4 heteroatoms. The SMILES string of the molecule is CCOc1ccc(C=O)c(C(C)=O)c1I. The van der Waals surface area contributed by atoms with E-state index >= 15 is 0 Å². The fraction of sp³-hybridized carbons (Fsp3) is 0.273. The van der Waals surface area contributed by atoms with Crippen molar-refractivity contribution in [3.63, 3.8) is 0 Å². The second-order valence-corrected chi connectivity index (χ2v) is 4.03. The molecule has 0 N–H and O–H groups in total. The van der Waals surface area contributed by atoms with Gasteiger partial charge >= 0.3 is 0 Å². The highest BCUT2D eigenvalue weighted by molar-refractivity contribution is 14.1. The molecule has 0 atom stereocenters. The van der Waals surface area contributed by atoms with Crippen molar-refractivity contribution in [1.29, 1.82) is 0 Å². The summed E-state index contributed by atoms with van der Waals surface area (Å²) in [5, 5.41) is 0. The number of benzene rings is 1. The summed E-state index contributed by atoms with van der Waals surface area (Å²) in [6.45, 7) is 3.85. The normalized spacial score (nSPS) is 9.80. The summed E-state index contributed by atoms with van der Waals surface area (Å²) in [5.41, 5.74) is 0.854. The molecular weight excluding hydrogens is 307 g/mol. The van der Waals surface area contributed by atoms with Crippen LogP contribution in [0.2, 0.25) is 0 Å². The molecule has 0 heterocycles. The summed E-state index contributed by atoms with van der Waals surface area (Å²) in [5.74, 6) is 0.525. The van der Waals surface area contributed by atoms with E-state index in [-0.39, 0.29) is 5.78 Å². The number of ether oxygens (including phenoxy) is 1. The Bertz CT molecular complexity index is 399. The van der Waals surface area contributed by atoms with Gasteiger partial charge in [0, 0.05) is 11.1 Å². The van der Waals surface area contributed by atoms with Crippen LogP contribution in [-0.2, 0) is 0 Å². The summed E-state index contributed by atoms with van der Waals surface area (Å²) in [4.78, 5) is 22.1. The van der Waals surface area contributed by atoms with E-state index in [1.807, 2.05) is 29.5 Å². The van der Waals surface area contributed by atoms with Crippen LogP contribution in [0.4, 0.5) is 0 Å². The number of carbonyl (C=O) groups is 2. The zero-order valence-electron chi connectivity index (χ0n) is 8.54. The van der Waals surface area contributed by atoms with Gasteiger partial charge in [0.15, 0.2) is 12.1 Å². The number of aldehydes is 1. The van der Waals surface area contributed by atoms with Crippen LogP contribution < -0.4 is 4.74 Å². The molecule has 0 amide bonds. The highest BCUT2D eigenvalue weighted by atomic mass is 127. The molecule has 80 valence electrons. The van der Waals surface area contributed by atoms with Gasteiger partial charge in [0.25, 0.3) is 0 Å². The summed E-state index contributed by atoms with van der Waals surface area (Å²) in [6, 6.07) is 3.32. The molecule has 0 saturated carbocycles. The third-order valence-corrected chi connectivity index (χ3v) is 2.99. The van der Waals surface area contributed by atoms with E-state index in [1.54, 1.807) is 12.1 Å². The molecule has 0 aliphatic rings. The van der Waals surface area contributed by atoms with Crippen molar-refractivity contribution in [1.82, 2.24) is 0 Å². The zero-order valence-corrected chi connectivity index (χ0v) is 10.7. The van der Waals surface area contributed by atoms with Crippen LogP contribution in [0.5, 0.6) is 5.75 Å². The van der Waals surface area contributed by atoms with Crippen LogP contribution in [0.3, 0.4) is 0 Å². The minimum Gasteiger partial charge on any atom is -0.493 e. The second kappa shape index (κ2) is 5.25. The molecule has 0 aliphatic heterocycles. The molecule has 0 saturated heterocycles. The Hall–Kier alpha value is -0.910. The van der Waals surface area contributed by atoms with Gasteiger partial charge in [0.05, 0.1) is 10.2 Å². The predicted molar refractivity (Wildman–Crippen MR) is 65.7 cm³/mol. The van der Waals surface area contributed by atoms with E-state index in [9.17, 15) is 9.59 Å². The number of hydrogen-bond acceptors (Lipinski definition) is 3. The Labute approximate surface area is 102 Å². The van der Waals surface area contributed by atoms with Crippen LogP contribution in [-0.4, -0.2) is 18.7 Å². The second-order valence-electron chi connectivity index (χ2n) is 2.95. The Morgan fingerprint density at radius 1 is 1.53 bits per heavy atom. The number of Topliss-reactive ketones (excluding diaryl/α,β-unsaturated/α-hetero) is 1. The van der Waals surface area contributed by atoms with Gasteiger partial charge in [-0.25, -0.2) is 0 Å². The van der Waals surface area contributed by atoms with E-state index in [0.29, 0.717) is 33.3 Å². The van der Waals surface area contributed by atoms with Gasteiger partial charge in [0.1, 0.15) is 5.75 Å². The molecular formula is C11H11IO3. The lowest BCUT2D eigenvalue weighted by atomic mass is 10.1. The number of ketones is 1. The Morgan fingerprint density at radius 3 is 2.67 bits per heavy atom. The van der Waals surface area contributed by atoms with Crippen molar-refractivity contribution in [2.24, 2.45) is 0 Å². The fourth-order valence-electron chi connectivity index (χ4n) is 1.29. The molecule has 0 unspecified atom stereocenters. The largest absolute Gasteiger partial charge is 0.493 e. The molecule has 0 aromatic heterocycles. The predicted octanol–water partition coefficient (Wildman–Crippen LogP) is 2.71. The van der Waals surface area contributed by atoms with Crippen molar-refractivity contribution in [3.05, 3.63) is 26.8 Å². The Morgan fingerprint density at radius 2 is 2.20 bits per heavy atom. The summed E-state index contributed by atoms with van der Waals surface area (Å²) >= 11 is 2.02. The van der Waals surface area contributed by atoms with Gasteiger partial charge in [-0.2, -0.15) is 0 Å². The quantitative estimate of drug-likeness (QED) is 0.487. The fourth-order valence-corrected chi connectivity index (χ4v) is 2.32. The Balaban J connectivity index is 3.35. The minimum absolute atomic E-state index is 0.122. The number of hydrogen-bond donors (Lipinski definition) is 0. The van der Waals surface area contributed by atoms with Crippen LogP contribution in [0.1, 0.15) is 34.6 Å². The van der Waals surface area contributed by atoms with Crippen LogP contribution >= 0.6 is 22.6 Å². The van der Waals surface area contributed by atoms with Crippen LogP contribution in [0, 0.1) is 3.57 Å². The summed E-state index contributed by atoms with van der Waals surface area (Å²) < 4.78 is 6.05. The van der Waals surface area contributed by atoms with Crippen molar-refractivity contribution < 1.29 is 14.3 Å². The first-order chi connectivity index (χ1) is 7.11. The molecule has 0 aliphatic carbocycles. The number of rotatable bonds is 4. The van der Waals surface area contributed by atoms with Crippen LogP contribution in [0.15, 0.2) is 12.1 Å². The number of halogens is 1. The minimum atomic E-state index is -0.122.